The smallest absolute Gasteiger partial charge is 0.110 e. The van der Waals surface area contributed by atoms with Crippen molar-refractivity contribution in [1.29, 1.82) is 0 Å². The van der Waals surface area contributed by atoms with Crippen LogP contribution in [0.15, 0.2) is 17.4 Å². The molecular weight excluding hydrogens is 152 g/mol. The second-order valence-electron chi connectivity index (χ2n) is 2.73. The highest BCUT2D eigenvalue weighted by atomic mass is 15.0. The molecule has 1 heterocycles. The van der Waals surface area contributed by atoms with Crippen LogP contribution in [0.5, 0.6) is 0 Å². The van der Waals surface area contributed by atoms with Gasteiger partial charge in [-0.05, 0) is 6.92 Å². The first-order valence-electron chi connectivity index (χ1n) is 3.93. The molecule has 0 aromatic carbocycles. The average molecular weight is 166 g/mol. The zero-order valence-corrected chi connectivity index (χ0v) is 7.49. The Labute approximate surface area is 72.1 Å². The van der Waals surface area contributed by atoms with Crippen molar-refractivity contribution >= 4 is 5.84 Å². The lowest BCUT2D eigenvalue weighted by Gasteiger charge is -1.98. The van der Waals surface area contributed by atoms with Crippen molar-refractivity contribution in [3.05, 3.63) is 18.2 Å². The summed E-state index contributed by atoms with van der Waals surface area (Å²) in [7, 11) is 1.97. The monoisotopic (exact) mass is 166 g/mol. The molecule has 0 aliphatic carbocycles. The maximum Gasteiger partial charge on any atom is 0.110 e. The lowest BCUT2D eigenvalue weighted by molar-refractivity contribution is 0.777. The van der Waals surface area contributed by atoms with Gasteiger partial charge in [0.2, 0.25) is 0 Å². The summed E-state index contributed by atoms with van der Waals surface area (Å²) in [6, 6.07) is 0. The molecule has 0 radical (unpaired) electrons. The Kier molecular flexibility index (Phi) is 2.85. The number of imidazole rings is 1. The molecule has 0 fully saturated rings. The first kappa shape index (κ1) is 8.77. The molecule has 0 unspecified atom stereocenters. The van der Waals surface area contributed by atoms with Gasteiger partial charge in [0.1, 0.15) is 5.82 Å². The second kappa shape index (κ2) is 3.90. The molecule has 2 N–H and O–H groups in total. The van der Waals surface area contributed by atoms with E-state index < -0.39 is 0 Å². The van der Waals surface area contributed by atoms with E-state index in [4.69, 9.17) is 5.73 Å². The van der Waals surface area contributed by atoms with E-state index in [1.807, 2.05) is 17.8 Å². The highest BCUT2D eigenvalue weighted by Crippen LogP contribution is 1.95. The quantitative estimate of drug-likeness (QED) is 0.520. The van der Waals surface area contributed by atoms with Crippen molar-refractivity contribution in [2.75, 3.05) is 6.54 Å². The normalized spacial score (nSPS) is 12.0. The summed E-state index contributed by atoms with van der Waals surface area (Å²) in [5.74, 6) is 1.67. The van der Waals surface area contributed by atoms with Crippen molar-refractivity contribution in [2.24, 2.45) is 17.8 Å². The molecule has 0 amide bonds. The van der Waals surface area contributed by atoms with Crippen LogP contribution in [0, 0.1) is 0 Å². The topological polar surface area (TPSA) is 56.2 Å². The summed E-state index contributed by atoms with van der Waals surface area (Å²) in [6.45, 7) is 2.51. The van der Waals surface area contributed by atoms with E-state index in [-0.39, 0.29) is 0 Å². The zero-order chi connectivity index (χ0) is 8.97. The maximum atomic E-state index is 5.39. The first-order chi connectivity index (χ1) is 5.70. The fourth-order valence-electron chi connectivity index (χ4n) is 0.970. The van der Waals surface area contributed by atoms with Crippen LogP contribution in [-0.2, 0) is 13.5 Å². The molecule has 1 aromatic rings. The van der Waals surface area contributed by atoms with Gasteiger partial charge < -0.3 is 10.3 Å². The largest absolute Gasteiger partial charge is 0.388 e. The number of aliphatic imine (C=N–C) groups is 1. The minimum absolute atomic E-state index is 0.629. The Morgan fingerprint density at radius 1 is 1.75 bits per heavy atom. The Hall–Kier alpha value is -1.32. The highest BCUT2D eigenvalue weighted by Gasteiger charge is 1.96. The third-order valence-electron chi connectivity index (χ3n) is 1.62. The Balaban J connectivity index is 2.44. The molecule has 66 valence electrons. The number of nitrogens with zero attached hydrogens (tertiary/aromatic N) is 3. The van der Waals surface area contributed by atoms with Gasteiger partial charge in [-0.15, -0.1) is 0 Å². The number of hydrogen-bond acceptors (Lipinski definition) is 2. The van der Waals surface area contributed by atoms with Crippen LogP contribution in [0.1, 0.15) is 12.7 Å². The predicted octanol–water partition coefficient (Wildman–Crippen LogP) is 0.340. The molecule has 0 saturated carbocycles. The summed E-state index contributed by atoms with van der Waals surface area (Å²) in [4.78, 5) is 8.25. The Bertz CT molecular complexity index is 270. The molecular formula is C8H14N4. The van der Waals surface area contributed by atoms with E-state index in [0.29, 0.717) is 12.4 Å². The van der Waals surface area contributed by atoms with Crippen molar-refractivity contribution in [3.63, 3.8) is 0 Å². The van der Waals surface area contributed by atoms with E-state index in [9.17, 15) is 0 Å². The van der Waals surface area contributed by atoms with Crippen LogP contribution in [0.4, 0.5) is 0 Å². The molecule has 0 bridgehead atoms. The number of aryl methyl sites for hydroxylation is 1. The van der Waals surface area contributed by atoms with Crippen molar-refractivity contribution < 1.29 is 0 Å². The fourth-order valence-corrected chi connectivity index (χ4v) is 0.970. The summed E-state index contributed by atoms with van der Waals surface area (Å²) < 4.78 is 1.99. The van der Waals surface area contributed by atoms with E-state index in [1.165, 1.54) is 0 Å². The minimum Gasteiger partial charge on any atom is -0.388 e. The zero-order valence-electron chi connectivity index (χ0n) is 7.49. The molecule has 0 saturated heterocycles. The summed E-state index contributed by atoms with van der Waals surface area (Å²) >= 11 is 0. The summed E-state index contributed by atoms with van der Waals surface area (Å²) in [5, 5.41) is 0. The lowest BCUT2D eigenvalue weighted by atomic mass is 10.4. The minimum atomic E-state index is 0.629. The van der Waals surface area contributed by atoms with Crippen LogP contribution in [0.3, 0.4) is 0 Å². The van der Waals surface area contributed by atoms with E-state index in [2.05, 4.69) is 9.98 Å². The van der Waals surface area contributed by atoms with Crippen LogP contribution in [0.2, 0.25) is 0 Å². The number of rotatable bonds is 3. The van der Waals surface area contributed by atoms with Crippen LogP contribution in [-0.4, -0.2) is 21.9 Å². The number of aromatic nitrogens is 2. The SMILES string of the molecule is CC(N)=NCCc1nccn1C. The summed E-state index contributed by atoms with van der Waals surface area (Å²) in [5.41, 5.74) is 5.39. The van der Waals surface area contributed by atoms with Gasteiger partial charge in [0.25, 0.3) is 0 Å². The van der Waals surface area contributed by atoms with E-state index >= 15 is 0 Å². The number of hydrogen-bond donors (Lipinski definition) is 1. The second-order valence-corrected chi connectivity index (χ2v) is 2.73. The van der Waals surface area contributed by atoms with Crippen LogP contribution >= 0.6 is 0 Å². The standard InChI is InChI=1S/C8H14N4/c1-7(9)10-4-3-8-11-5-6-12(8)2/h5-6H,3-4H2,1-2H3,(H2,9,10). The molecule has 0 aliphatic heterocycles. The van der Waals surface area contributed by atoms with Gasteiger partial charge in [0.05, 0.1) is 5.84 Å². The average Bonchev–Trinajstić information content (AvgIpc) is 2.36. The molecule has 4 nitrogen and oxygen atoms in total. The number of amidine groups is 1. The van der Waals surface area contributed by atoms with Gasteiger partial charge in [-0.1, -0.05) is 0 Å². The third kappa shape index (κ3) is 2.38. The van der Waals surface area contributed by atoms with Crippen molar-refractivity contribution in [2.45, 2.75) is 13.3 Å². The summed E-state index contributed by atoms with van der Waals surface area (Å²) in [6.07, 6.45) is 4.56. The molecule has 12 heavy (non-hydrogen) atoms. The van der Waals surface area contributed by atoms with Gasteiger partial charge in [0, 0.05) is 32.4 Å². The highest BCUT2D eigenvalue weighted by molar-refractivity contribution is 5.77. The van der Waals surface area contributed by atoms with E-state index in [1.54, 1.807) is 13.1 Å². The van der Waals surface area contributed by atoms with Gasteiger partial charge in [-0.3, -0.25) is 4.99 Å². The van der Waals surface area contributed by atoms with Crippen LogP contribution in [0.25, 0.3) is 0 Å². The molecule has 0 atom stereocenters. The number of nitrogens with two attached hydrogens (primary N) is 1. The van der Waals surface area contributed by atoms with Gasteiger partial charge in [0.15, 0.2) is 0 Å². The molecule has 1 rings (SSSR count). The van der Waals surface area contributed by atoms with Crippen molar-refractivity contribution in [3.8, 4) is 0 Å². The van der Waals surface area contributed by atoms with E-state index in [0.717, 1.165) is 12.2 Å². The molecule has 0 aliphatic rings. The fraction of sp³-hybridized carbons (Fsp3) is 0.500. The third-order valence-corrected chi connectivity index (χ3v) is 1.62. The van der Waals surface area contributed by atoms with Gasteiger partial charge >= 0.3 is 0 Å². The van der Waals surface area contributed by atoms with Crippen molar-refractivity contribution in [1.82, 2.24) is 9.55 Å². The molecule has 0 spiro atoms. The van der Waals surface area contributed by atoms with Gasteiger partial charge in [-0.25, -0.2) is 4.98 Å². The molecule has 1 aromatic heterocycles. The lowest BCUT2D eigenvalue weighted by Crippen LogP contribution is -2.08. The Morgan fingerprint density at radius 3 is 3.00 bits per heavy atom. The maximum absolute atomic E-state index is 5.39. The molecule has 4 heteroatoms. The van der Waals surface area contributed by atoms with Crippen LogP contribution < -0.4 is 5.73 Å². The first-order valence-corrected chi connectivity index (χ1v) is 3.93. The Morgan fingerprint density at radius 2 is 2.50 bits per heavy atom. The predicted molar refractivity (Wildman–Crippen MR) is 49.1 cm³/mol. The van der Waals surface area contributed by atoms with Gasteiger partial charge in [-0.2, -0.15) is 0 Å².